The fraction of sp³-hybridized carbons (Fsp3) is 0.296. The summed E-state index contributed by atoms with van der Waals surface area (Å²) in [6.45, 7) is 2.30. The van der Waals surface area contributed by atoms with Crippen molar-refractivity contribution in [2.24, 2.45) is 0 Å². The molecule has 10 heteroatoms. The molecule has 1 amide bonds. The summed E-state index contributed by atoms with van der Waals surface area (Å²) in [7, 11) is -0.936. The van der Waals surface area contributed by atoms with Crippen LogP contribution in [0.15, 0.2) is 71.6 Å². The molecule has 1 aliphatic rings. The van der Waals surface area contributed by atoms with Gasteiger partial charge in [-0.05, 0) is 80.0 Å². The maximum Gasteiger partial charge on any atom is 0.262 e. The Hall–Kier alpha value is -3.27. The van der Waals surface area contributed by atoms with Crippen LogP contribution in [0.2, 0.25) is 5.02 Å². The lowest BCUT2D eigenvalue weighted by Gasteiger charge is -2.28. The van der Waals surface area contributed by atoms with Crippen LogP contribution in [0, 0.1) is 0 Å². The van der Waals surface area contributed by atoms with Gasteiger partial charge in [0.15, 0.2) is 0 Å². The molecule has 1 saturated heterocycles. The zero-order chi connectivity index (χ0) is 26.4. The Bertz CT molecular complexity index is 1340. The number of methoxy groups -OCH3 is 2. The van der Waals surface area contributed by atoms with Gasteiger partial charge in [0, 0.05) is 17.1 Å². The second-order valence-corrected chi connectivity index (χ2v) is 10.8. The van der Waals surface area contributed by atoms with Crippen molar-refractivity contribution in [3.05, 3.63) is 82.9 Å². The van der Waals surface area contributed by atoms with Crippen molar-refractivity contribution in [1.82, 2.24) is 10.2 Å². The molecule has 196 valence electrons. The molecular weight excluding hydrogens is 514 g/mol. The molecule has 3 aromatic rings. The number of anilines is 1. The van der Waals surface area contributed by atoms with Crippen molar-refractivity contribution >= 4 is 33.2 Å². The quantitative estimate of drug-likeness (QED) is 0.384. The van der Waals surface area contributed by atoms with Gasteiger partial charge in [-0.1, -0.05) is 29.8 Å². The number of benzene rings is 3. The highest BCUT2D eigenvalue weighted by molar-refractivity contribution is 7.92. The first-order valence-electron chi connectivity index (χ1n) is 11.9. The molecule has 0 aliphatic carbocycles. The summed E-state index contributed by atoms with van der Waals surface area (Å²) in [6, 6.07) is 18.4. The van der Waals surface area contributed by atoms with Gasteiger partial charge in [0.25, 0.3) is 15.9 Å². The smallest absolute Gasteiger partial charge is 0.262 e. The highest BCUT2D eigenvalue weighted by Gasteiger charge is 2.25. The van der Waals surface area contributed by atoms with Crippen LogP contribution in [0.25, 0.3) is 0 Å². The summed E-state index contributed by atoms with van der Waals surface area (Å²) in [6.07, 6.45) is 2.23. The van der Waals surface area contributed by atoms with E-state index in [0.717, 1.165) is 37.2 Å². The van der Waals surface area contributed by atoms with Gasteiger partial charge in [0.2, 0.25) is 0 Å². The highest BCUT2D eigenvalue weighted by atomic mass is 35.5. The molecule has 0 unspecified atom stereocenters. The summed E-state index contributed by atoms with van der Waals surface area (Å²) in [5, 5.41) is 3.35. The number of likely N-dealkylation sites (tertiary alicyclic amines) is 1. The Morgan fingerprint density at radius 3 is 2.41 bits per heavy atom. The van der Waals surface area contributed by atoms with Crippen LogP contribution in [0.1, 0.15) is 34.8 Å². The van der Waals surface area contributed by atoms with Crippen molar-refractivity contribution in [2.45, 2.75) is 23.8 Å². The number of ether oxygens (including phenoxy) is 2. The Labute approximate surface area is 222 Å². The van der Waals surface area contributed by atoms with E-state index in [1.165, 1.54) is 25.3 Å². The van der Waals surface area contributed by atoms with Crippen LogP contribution < -0.4 is 19.5 Å². The molecule has 0 bridgehead atoms. The number of nitrogens with zero attached hydrogens (tertiary/aromatic N) is 1. The Kier molecular flexibility index (Phi) is 8.58. The predicted octanol–water partition coefficient (Wildman–Crippen LogP) is 4.72. The lowest BCUT2D eigenvalue weighted by molar-refractivity contribution is 0.0937. The highest BCUT2D eigenvalue weighted by Crippen LogP contribution is 2.30. The van der Waals surface area contributed by atoms with E-state index in [2.05, 4.69) is 14.9 Å². The molecule has 0 spiro atoms. The lowest BCUT2D eigenvalue weighted by atomic mass is 10.0. The molecule has 1 heterocycles. The van der Waals surface area contributed by atoms with Crippen LogP contribution in [-0.2, 0) is 10.0 Å². The van der Waals surface area contributed by atoms with Gasteiger partial charge in [-0.15, -0.1) is 0 Å². The third kappa shape index (κ3) is 6.54. The maximum atomic E-state index is 13.1. The zero-order valence-electron chi connectivity index (χ0n) is 20.7. The minimum absolute atomic E-state index is 0.00114. The Balaban J connectivity index is 1.50. The first-order valence-corrected chi connectivity index (χ1v) is 13.8. The summed E-state index contributed by atoms with van der Waals surface area (Å²) in [5.74, 6) is 0.749. The SMILES string of the molecule is COc1ccc([C@H](CNC(=O)c2cccc(S(=O)(=O)Nc3cc(Cl)ccc3OC)c2)N2CCCC2)cc1. The van der Waals surface area contributed by atoms with Crippen molar-refractivity contribution in [3.8, 4) is 11.5 Å². The van der Waals surface area contributed by atoms with E-state index in [1.54, 1.807) is 31.4 Å². The average Bonchev–Trinajstić information content (AvgIpc) is 3.44. The number of amides is 1. The number of hydrogen-bond acceptors (Lipinski definition) is 6. The van der Waals surface area contributed by atoms with E-state index in [9.17, 15) is 13.2 Å². The number of sulfonamides is 1. The lowest BCUT2D eigenvalue weighted by Crippen LogP contribution is -2.36. The standard InChI is InChI=1S/C27H30ClN3O5S/c1-35-22-11-8-19(9-12-22)25(31-14-3-4-15-31)18-29-27(32)20-6-5-7-23(16-20)37(33,34)30-24-17-21(28)10-13-26(24)36-2/h5-13,16-17,25,30H,3-4,14-15,18H2,1-2H3,(H,29,32)/t25-/m0/s1. The largest absolute Gasteiger partial charge is 0.497 e. The van der Waals surface area contributed by atoms with Gasteiger partial charge in [-0.2, -0.15) is 0 Å². The minimum Gasteiger partial charge on any atom is -0.497 e. The summed E-state index contributed by atoms with van der Waals surface area (Å²) >= 11 is 6.03. The molecule has 3 aromatic carbocycles. The topological polar surface area (TPSA) is 97.0 Å². The Morgan fingerprint density at radius 2 is 1.73 bits per heavy atom. The minimum atomic E-state index is -4.00. The fourth-order valence-electron chi connectivity index (χ4n) is 4.40. The van der Waals surface area contributed by atoms with Crippen LogP contribution in [0.5, 0.6) is 11.5 Å². The Morgan fingerprint density at radius 1 is 1.00 bits per heavy atom. The van der Waals surface area contributed by atoms with Gasteiger partial charge >= 0.3 is 0 Å². The van der Waals surface area contributed by atoms with Gasteiger partial charge in [0.1, 0.15) is 11.5 Å². The number of nitrogens with one attached hydrogen (secondary N) is 2. The van der Waals surface area contributed by atoms with Gasteiger partial charge in [-0.25, -0.2) is 8.42 Å². The number of rotatable bonds is 10. The van der Waals surface area contributed by atoms with Crippen LogP contribution >= 0.6 is 11.6 Å². The first-order chi connectivity index (χ1) is 17.8. The zero-order valence-corrected chi connectivity index (χ0v) is 22.3. The third-order valence-corrected chi connectivity index (χ3v) is 7.95. The van der Waals surface area contributed by atoms with E-state index in [1.807, 2.05) is 24.3 Å². The van der Waals surface area contributed by atoms with E-state index in [0.29, 0.717) is 17.3 Å². The molecular formula is C27H30ClN3O5S. The average molecular weight is 544 g/mol. The predicted molar refractivity (Wildman–Crippen MR) is 144 cm³/mol. The molecule has 4 rings (SSSR count). The molecule has 1 fully saturated rings. The number of hydrogen-bond donors (Lipinski definition) is 2. The normalized spacial score (nSPS) is 14.7. The van der Waals surface area contributed by atoms with Crippen molar-refractivity contribution in [3.63, 3.8) is 0 Å². The van der Waals surface area contributed by atoms with Gasteiger partial charge < -0.3 is 14.8 Å². The van der Waals surface area contributed by atoms with Crippen molar-refractivity contribution in [1.29, 1.82) is 0 Å². The van der Waals surface area contributed by atoms with E-state index in [-0.39, 0.29) is 28.1 Å². The summed E-state index contributed by atoms with van der Waals surface area (Å²) in [4.78, 5) is 15.4. The molecule has 0 aromatic heterocycles. The molecule has 1 atom stereocenters. The third-order valence-electron chi connectivity index (χ3n) is 6.35. The molecule has 37 heavy (non-hydrogen) atoms. The molecule has 0 saturated carbocycles. The van der Waals surface area contributed by atoms with Gasteiger partial charge in [-0.3, -0.25) is 14.4 Å². The molecule has 0 radical (unpaired) electrons. The number of halogens is 1. The van der Waals surface area contributed by atoms with Gasteiger partial charge in [0.05, 0.1) is 30.8 Å². The van der Waals surface area contributed by atoms with E-state index < -0.39 is 10.0 Å². The van der Waals surface area contributed by atoms with Crippen molar-refractivity contribution < 1.29 is 22.7 Å². The second kappa shape index (κ2) is 11.9. The van der Waals surface area contributed by atoms with Crippen molar-refractivity contribution in [2.75, 3.05) is 38.6 Å². The first kappa shape index (κ1) is 26.8. The number of carbonyl (C=O) groups excluding carboxylic acids is 1. The molecule has 1 aliphatic heterocycles. The monoisotopic (exact) mass is 543 g/mol. The molecule has 8 nitrogen and oxygen atoms in total. The van der Waals surface area contributed by atoms with Crippen LogP contribution in [-0.4, -0.2) is 53.1 Å². The summed E-state index contributed by atoms with van der Waals surface area (Å²) < 4.78 is 39.1. The van der Waals surface area contributed by atoms with Crippen LogP contribution in [0.4, 0.5) is 5.69 Å². The number of carbonyl (C=O) groups is 1. The van der Waals surface area contributed by atoms with E-state index >= 15 is 0 Å². The maximum absolute atomic E-state index is 13.1. The summed E-state index contributed by atoms with van der Waals surface area (Å²) in [5.41, 5.74) is 1.53. The second-order valence-electron chi connectivity index (χ2n) is 8.72. The molecule has 2 N–H and O–H groups in total. The fourth-order valence-corrected chi connectivity index (χ4v) is 5.68. The van der Waals surface area contributed by atoms with Crippen LogP contribution in [0.3, 0.4) is 0 Å². The van der Waals surface area contributed by atoms with E-state index in [4.69, 9.17) is 21.1 Å².